The van der Waals surface area contributed by atoms with Crippen molar-refractivity contribution < 1.29 is 14.3 Å². The molecule has 0 radical (unpaired) electrons. The largest absolute Gasteiger partial charge is 0.348 e. The van der Waals surface area contributed by atoms with Gasteiger partial charge in [0.2, 0.25) is 5.91 Å². The molecule has 2 aliphatic heterocycles. The number of nitrogens with zero attached hydrogens (tertiary/aromatic N) is 1. The van der Waals surface area contributed by atoms with E-state index >= 15 is 0 Å². The third-order valence-corrected chi connectivity index (χ3v) is 4.11. The van der Waals surface area contributed by atoms with E-state index < -0.39 is 5.72 Å². The first-order chi connectivity index (χ1) is 7.65. The third-order valence-electron chi connectivity index (χ3n) is 2.56. The summed E-state index contributed by atoms with van der Waals surface area (Å²) < 4.78 is 5.22. The van der Waals surface area contributed by atoms with E-state index in [1.807, 2.05) is 6.08 Å². The van der Waals surface area contributed by atoms with Crippen LogP contribution in [0, 0.1) is 0 Å². The lowest BCUT2D eigenvalue weighted by Gasteiger charge is -2.53. The molecule has 1 fully saturated rings. The van der Waals surface area contributed by atoms with Crippen LogP contribution in [0.3, 0.4) is 0 Å². The van der Waals surface area contributed by atoms with Crippen molar-refractivity contribution in [1.29, 1.82) is 0 Å². The summed E-state index contributed by atoms with van der Waals surface area (Å²) in [5.74, 6) is 0.286. The molecular formula is C9H12N2O3S2. The molecule has 0 aromatic heterocycles. The first kappa shape index (κ1) is 11.8. The van der Waals surface area contributed by atoms with Crippen molar-refractivity contribution in [3.63, 3.8) is 0 Å². The van der Waals surface area contributed by atoms with Crippen LogP contribution in [-0.2, 0) is 14.3 Å². The Morgan fingerprint density at radius 2 is 2.62 bits per heavy atom. The van der Waals surface area contributed by atoms with Gasteiger partial charge in [-0.15, -0.1) is 11.8 Å². The van der Waals surface area contributed by atoms with Crippen LogP contribution in [0.25, 0.3) is 0 Å². The molecule has 2 amide bonds. The van der Waals surface area contributed by atoms with Crippen LogP contribution in [0.15, 0.2) is 12.3 Å². The Kier molecular flexibility index (Phi) is 3.18. The summed E-state index contributed by atoms with van der Waals surface area (Å²) >= 11 is 5.42. The number of carbonyl (C=O) groups is 2. The molecule has 0 aromatic carbocycles. The van der Waals surface area contributed by atoms with Crippen LogP contribution in [0.4, 0.5) is 0 Å². The number of hydrogen-bond acceptors (Lipinski definition) is 5. The van der Waals surface area contributed by atoms with Gasteiger partial charge in [-0.05, 0) is 0 Å². The first-order valence-corrected chi connectivity index (χ1v) is 6.42. The number of methoxy groups -OCH3 is 1. The Hall–Kier alpha value is -0.660. The SMILES string of the molecule is CO[C@@]1(NC(=O)CS)C(=O)N2C=CCS[C@@H]21. The number of amides is 2. The quantitative estimate of drug-likeness (QED) is 0.419. The lowest BCUT2D eigenvalue weighted by Crippen LogP contribution is -2.79. The van der Waals surface area contributed by atoms with Crippen molar-refractivity contribution in [3.05, 3.63) is 12.3 Å². The molecule has 7 heteroatoms. The molecule has 2 aliphatic rings. The Labute approximate surface area is 103 Å². The summed E-state index contributed by atoms with van der Waals surface area (Å²) in [6.07, 6.45) is 3.63. The number of fused-ring (bicyclic) bond motifs is 1. The van der Waals surface area contributed by atoms with E-state index in [0.717, 1.165) is 5.75 Å². The topological polar surface area (TPSA) is 58.6 Å². The van der Waals surface area contributed by atoms with Crippen molar-refractivity contribution in [2.75, 3.05) is 18.6 Å². The number of thioether (sulfide) groups is 1. The van der Waals surface area contributed by atoms with Gasteiger partial charge in [-0.2, -0.15) is 12.6 Å². The van der Waals surface area contributed by atoms with Crippen LogP contribution in [0.2, 0.25) is 0 Å². The molecule has 0 unspecified atom stereocenters. The second-order valence-corrected chi connectivity index (χ2v) is 4.86. The zero-order chi connectivity index (χ0) is 11.8. The summed E-state index contributed by atoms with van der Waals surface area (Å²) in [6, 6.07) is 0. The average Bonchev–Trinajstić information content (AvgIpc) is 2.34. The molecule has 88 valence electrons. The Balaban J connectivity index is 2.19. The fraction of sp³-hybridized carbons (Fsp3) is 0.556. The highest BCUT2D eigenvalue weighted by Gasteiger charge is 2.63. The van der Waals surface area contributed by atoms with Crippen molar-refractivity contribution in [2.24, 2.45) is 0 Å². The normalized spacial score (nSPS) is 32.0. The van der Waals surface area contributed by atoms with Gasteiger partial charge in [0, 0.05) is 19.1 Å². The molecule has 5 nitrogen and oxygen atoms in total. The minimum absolute atomic E-state index is 0.0333. The first-order valence-electron chi connectivity index (χ1n) is 4.74. The number of carbonyl (C=O) groups excluding carboxylic acids is 2. The van der Waals surface area contributed by atoms with Gasteiger partial charge >= 0.3 is 0 Å². The Morgan fingerprint density at radius 1 is 1.88 bits per heavy atom. The summed E-state index contributed by atoms with van der Waals surface area (Å²) in [5, 5.41) is 2.41. The van der Waals surface area contributed by atoms with Crippen LogP contribution in [0.1, 0.15) is 0 Å². The molecule has 1 saturated heterocycles. The minimum atomic E-state index is -1.21. The molecule has 0 spiro atoms. The standard InChI is InChI=1S/C9H12N2O3S2/c1-14-9(10-6(12)5-15)7(13)11-3-2-4-16-8(9)11/h2-3,8,15H,4-5H2,1H3,(H,10,12)/t8-,9+/m1/s1. The molecule has 0 aromatic rings. The van der Waals surface area contributed by atoms with E-state index in [1.165, 1.54) is 7.11 Å². The Bertz CT molecular complexity index is 361. The molecule has 2 rings (SSSR count). The van der Waals surface area contributed by atoms with E-state index in [9.17, 15) is 9.59 Å². The maximum atomic E-state index is 11.9. The fourth-order valence-corrected chi connectivity index (χ4v) is 3.06. The number of ether oxygens (including phenoxy) is 1. The average molecular weight is 260 g/mol. The highest BCUT2D eigenvalue weighted by Crippen LogP contribution is 2.41. The van der Waals surface area contributed by atoms with E-state index in [1.54, 1.807) is 22.9 Å². The van der Waals surface area contributed by atoms with Crippen molar-refractivity contribution in [1.82, 2.24) is 10.2 Å². The molecular weight excluding hydrogens is 248 g/mol. The van der Waals surface area contributed by atoms with Crippen LogP contribution >= 0.6 is 24.4 Å². The Morgan fingerprint density at radius 3 is 3.25 bits per heavy atom. The second-order valence-electron chi connectivity index (χ2n) is 3.43. The second kappa shape index (κ2) is 4.31. The summed E-state index contributed by atoms with van der Waals surface area (Å²) in [7, 11) is 1.42. The fourth-order valence-electron chi connectivity index (χ4n) is 1.78. The monoisotopic (exact) mass is 260 g/mol. The smallest absolute Gasteiger partial charge is 0.284 e. The molecule has 2 heterocycles. The minimum Gasteiger partial charge on any atom is -0.348 e. The summed E-state index contributed by atoms with van der Waals surface area (Å²) in [4.78, 5) is 24.8. The van der Waals surface area contributed by atoms with Crippen molar-refractivity contribution in [2.45, 2.75) is 11.1 Å². The van der Waals surface area contributed by atoms with Gasteiger partial charge < -0.3 is 10.1 Å². The molecule has 2 atom stereocenters. The van der Waals surface area contributed by atoms with Gasteiger partial charge in [-0.3, -0.25) is 14.5 Å². The van der Waals surface area contributed by atoms with Crippen LogP contribution in [-0.4, -0.2) is 46.4 Å². The van der Waals surface area contributed by atoms with Crippen LogP contribution in [0.5, 0.6) is 0 Å². The van der Waals surface area contributed by atoms with Crippen LogP contribution < -0.4 is 5.32 Å². The molecule has 0 aliphatic carbocycles. The van der Waals surface area contributed by atoms with Gasteiger partial charge in [0.15, 0.2) is 0 Å². The van der Waals surface area contributed by atoms with E-state index in [2.05, 4.69) is 17.9 Å². The predicted octanol–water partition coefficient (Wildman–Crippen LogP) is -0.196. The lowest BCUT2D eigenvalue weighted by atomic mass is 10.0. The zero-order valence-corrected chi connectivity index (χ0v) is 10.4. The number of thiol groups is 1. The molecule has 16 heavy (non-hydrogen) atoms. The van der Waals surface area contributed by atoms with Crippen molar-refractivity contribution >= 4 is 36.2 Å². The number of hydrogen-bond donors (Lipinski definition) is 2. The highest BCUT2D eigenvalue weighted by atomic mass is 32.2. The lowest BCUT2D eigenvalue weighted by molar-refractivity contribution is -0.188. The maximum absolute atomic E-state index is 11.9. The molecule has 1 N–H and O–H groups in total. The van der Waals surface area contributed by atoms with Gasteiger partial charge in [0.05, 0.1) is 5.75 Å². The predicted molar refractivity (Wildman–Crippen MR) is 64.0 cm³/mol. The highest BCUT2D eigenvalue weighted by molar-refractivity contribution is 8.00. The third kappa shape index (κ3) is 1.54. The van der Waals surface area contributed by atoms with Gasteiger partial charge in [0.1, 0.15) is 5.37 Å². The number of β-lactam (4-membered cyclic amide) rings is 1. The molecule has 0 bridgehead atoms. The van der Waals surface area contributed by atoms with Gasteiger partial charge in [0.25, 0.3) is 11.6 Å². The zero-order valence-electron chi connectivity index (χ0n) is 8.67. The van der Waals surface area contributed by atoms with Gasteiger partial charge in [-0.25, -0.2) is 0 Å². The maximum Gasteiger partial charge on any atom is 0.284 e. The molecule has 0 saturated carbocycles. The van der Waals surface area contributed by atoms with E-state index in [-0.39, 0.29) is 22.9 Å². The van der Waals surface area contributed by atoms with E-state index in [4.69, 9.17) is 4.74 Å². The number of nitrogens with one attached hydrogen (secondary N) is 1. The summed E-state index contributed by atoms with van der Waals surface area (Å²) in [5.41, 5.74) is -1.21. The van der Waals surface area contributed by atoms with Crippen molar-refractivity contribution in [3.8, 4) is 0 Å². The van der Waals surface area contributed by atoms with E-state index in [0.29, 0.717) is 0 Å². The van der Waals surface area contributed by atoms with Gasteiger partial charge in [-0.1, -0.05) is 6.08 Å². The summed E-state index contributed by atoms with van der Waals surface area (Å²) in [6.45, 7) is 0. The number of rotatable bonds is 3.